The third kappa shape index (κ3) is 0.932. The van der Waals surface area contributed by atoms with Crippen LogP contribution >= 0.6 is 0 Å². The first kappa shape index (κ1) is 3.83. The molecule has 0 N–H and O–H groups in total. The van der Waals surface area contributed by atoms with Crippen molar-refractivity contribution < 1.29 is 6.11 Å². The number of hydrogen-bond acceptors (Lipinski definition) is 3. The Bertz CT molecular complexity index is 204. The molecule has 0 fully saturated rings. The summed E-state index contributed by atoms with van der Waals surface area (Å²) in [5.41, 5.74) is 0. The lowest BCUT2D eigenvalue weighted by molar-refractivity contribution is 0.379. The Balaban J connectivity index is 2.94. The summed E-state index contributed by atoms with van der Waals surface area (Å²) in [5, 5.41) is 0. The number of nitrogens with zero attached hydrogens (tertiary/aromatic N) is 2. The van der Waals surface area contributed by atoms with Crippen LogP contribution in [-0.4, -0.2) is 17.1 Å². The molecule has 1 aromatic heterocycles. The van der Waals surface area contributed by atoms with Crippen LogP contribution in [0.4, 0.5) is 0 Å². The van der Waals surface area contributed by atoms with Gasteiger partial charge in [0.2, 0.25) is 0 Å². The smallest absolute Gasteiger partial charge is 0.315 e. The maximum Gasteiger partial charge on any atom is 0.315 e. The Kier molecular flexibility index (Phi) is 1.08. The van der Waals surface area contributed by atoms with Crippen LogP contribution in [0.25, 0.3) is 0 Å². The van der Waals surface area contributed by atoms with Gasteiger partial charge in [0.25, 0.3) is 0 Å². The molecule has 0 aliphatic heterocycles. The van der Waals surface area contributed by atoms with E-state index < -0.39 is 0 Å². The molecule has 1 rings (SSSR count). The summed E-state index contributed by atoms with van der Waals surface area (Å²) in [4.78, 5) is 7.33. The lowest BCUT2D eigenvalue weighted by atomic mass is 10.7. The van der Waals surface area contributed by atoms with E-state index in [0.717, 1.165) is 0 Å². The van der Waals surface area contributed by atoms with Gasteiger partial charge < -0.3 is 4.74 Å². The van der Waals surface area contributed by atoms with E-state index in [4.69, 9.17) is 1.37 Å². The second kappa shape index (κ2) is 2.26. The van der Waals surface area contributed by atoms with E-state index in [1.165, 1.54) is 19.4 Å². The van der Waals surface area contributed by atoms with Crippen molar-refractivity contribution in [2.75, 3.05) is 7.11 Å². The summed E-state index contributed by atoms with van der Waals surface area (Å²) < 4.78 is 11.7. The Morgan fingerprint density at radius 2 is 2.62 bits per heavy atom. The quantitative estimate of drug-likeness (QED) is 0.528. The number of aromatic nitrogens is 2. The lowest BCUT2D eigenvalue weighted by Gasteiger charge is -1.90. The molecule has 8 heavy (non-hydrogen) atoms. The summed E-state index contributed by atoms with van der Waals surface area (Å²) in [6.45, 7) is 0. The fraction of sp³-hybridized carbons (Fsp3) is 0.200. The zero-order valence-corrected chi connectivity index (χ0v) is 4.46. The molecular weight excluding hydrogens is 104 g/mol. The zero-order valence-electron chi connectivity index (χ0n) is 5.46. The molecule has 0 saturated heterocycles. The van der Waals surface area contributed by atoms with Crippen molar-refractivity contribution in [1.82, 2.24) is 9.97 Å². The van der Waals surface area contributed by atoms with E-state index in [2.05, 4.69) is 14.7 Å². The minimum Gasteiger partial charge on any atom is -0.467 e. The minimum atomic E-state index is 0.168. The fourth-order valence-corrected chi connectivity index (χ4v) is 0.354. The molecule has 0 aromatic carbocycles. The number of rotatable bonds is 1. The molecule has 1 heterocycles. The highest BCUT2D eigenvalue weighted by molar-refractivity contribution is 4.92. The molecule has 0 bridgehead atoms. The van der Waals surface area contributed by atoms with Crippen LogP contribution in [0.3, 0.4) is 0 Å². The highest BCUT2D eigenvalue weighted by Crippen LogP contribution is 1.92. The molecule has 3 nitrogen and oxygen atoms in total. The standard InChI is InChI=1S/C5H6N2O/c1-8-5-6-3-2-4-7-5/h2-4H,1H3/i3D. The average Bonchev–Trinajstić information content (AvgIpc) is 1.88. The van der Waals surface area contributed by atoms with E-state index in [-0.39, 0.29) is 12.2 Å². The Morgan fingerprint density at radius 1 is 1.75 bits per heavy atom. The van der Waals surface area contributed by atoms with Gasteiger partial charge >= 0.3 is 6.01 Å². The van der Waals surface area contributed by atoms with Gasteiger partial charge in [-0.25, -0.2) is 9.97 Å². The summed E-state index contributed by atoms with van der Waals surface area (Å²) in [7, 11) is 1.47. The van der Waals surface area contributed by atoms with Gasteiger partial charge in [-0.15, -0.1) is 0 Å². The van der Waals surface area contributed by atoms with Crippen LogP contribution in [0.15, 0.2) is 18.4 Å². The van der Waals surface area contributed by atoms with Crippen LogP contribution in [-0.2, 0) is 0 Å². The Labute approximate surface area is 48.8 Å². The molecule has 0 spiro atoms. The first-order valence-corrected chi connectivity index (χ1v) is 2.16. The van der Waals surface area contributed by atoms with Crippen LogP contribution in [0, 0.1) is 0 Å². The molecule has 0 aliphatic carbocycles. The maximum absolute atomic E-state index is 7.01. The van der Waals surface area contributed by atoms with Gasteiger partial charge in [0.15, 0.2) is 0 Å². The average molecular weight is 111 g/mol. The van der Waals surface area contributed by atoms with Crippen molar-refractivity contribution in [2.24, 2.45) is 0 Å². The molecule has 0 radical (unpaired) electrons. The van der Waals surface area contributed by atoms with Crippen molar-refractivity contribution in [1.29, 1.82) is 0 Å². The monoisotopic (exact) mass is 111 g/mol. The highest BCUT2D eigenvalue weighted by Gasteiger charge is 1.84. The van der Waals surface area contributed by atoms with Crippen LogP contribution in [0.2, 0.25) is 0 Å². The number of methoxy groups -OCH3 is 1. The van der Waals surface area contributed by atoms with Crippen LogP contribution in [0.1, 0.15) is 1.37 Å². The first-order valence-electron chi connectivity index (χ1n) is 2.66. The van der Waals surface area contributed by atoms with Crippen LogP contribution < -0.4 is 4.74 Å². The molecule has 0 saturated carbocycles. The van der Waals surface area contributed by atoms with Crippen molar-refractivity contribution in [3.8, 4) is 6.01 Å². The number of hydrogen-bond donors (Lipinski definition) is 0. The third-order valence-corrected chi connectivity index (χ3v) is 0.677. The van der Waals surface area contributed by atoms with Gasteiger partial charge in [0.1, 0.15) is 0 Å². The van der Waals surface area contributed by atoms with Crippen molar-refractivity contribution in [3.63, 3.8) is 0 Å². The highest BCUT2D eigenvalue weighted by atomic mass is 16.5. The molecule has 0 amide bonds. The van der Waals surface area contributed by atoms with Gasteiger partial charge in [-0.1, -0.05) is 0 Å². The molecule has 0 aliphatic rings. The van der Waals surface area contributed by atoms with Crippen LogP contribution in [0.5, 0.6) is 6.01 Å². The third-order valence-electron chi connectivity index (χ3n) is 0.677. The van der Waals surface area contributed by atoms with E-state index in [0.29, 0.717) is 0 Å². The van der Waals surface area contributed by atoms with Gasteiger partial charge in [-0.2, -0.15) is 0 Å². The van der Waals surface area contributed by atoms with Gasteiger partial charge in [0, 0.05) is 12.4 Å². The Hall–Kier alpha value is -1.12. The predicted molar refractivity (Wildman–Crippen MR) is 28.6 cm³/mol. The maximum atomic E-state index is 7.01. The molecule has 3 heteroatoms. The van der Waals surface area contributed by atoms with E-state index in [1.807, 2.05) is 0 Å². The second-order valence-corrected chi connectivity index (χ2v) is 1.17. The molecule has 1 aromatic rings. The van der Waals surface area contributed by atoms with E-state index >= 15 is 0 Å². The molecular formula is C5H6N2O. The summed E-state index contributed by atoms with van der Waals surface area (Å²) in [6.07, 6.45) is 1.65. The summed E-state index contributed by atoms with van der Waals surface area (Å²) >= 11 is 0. The fourth-order valence-electron chi connectivity index (χ4n) is 0.354. The normalized spacial score (nSPS) is 10.4. The van der Waals surface area contributed by atoms with Crippen molar-refractivity contribution in [3.05, 3.63) is 18.4 Å². The molecule has 0 atom stereocenters. The largest absolute Gasteiger partial charge is 0.467 e. The van der Waals surface area contributed by atoms with E-state index in [1.54, 1.807) is 0 Å². The zero-order chi connectivity index (χ0) is 6.69. The second-order valence-electron chi connectivity index (χ2n) is 1.17. The lowest BCUT2D eigenvalue weighted by Crippen LogP contribution is -1.87. The van der Waals surface area contributed by atoms with Gasteiger partial charge in [-0.3, -0.25) is 0 Å². The number of ether oxygens (including phenoxy) is 1. The summed E-state index contributed by atoms with van der Waals surface area (Å²) in [5.74, 6) is 0. The van der Waals surface area contributed by atoms with Gasteiger partial charge in [0.05, 0.1) is 8.48 Å². The predicted octanol–water partition coefficient (Wildman–Crippen LogP) is 0.485. The minimum absolute atomic E-state index is 0.168. The first-order chi connectivity index (χ1) is 4.33. The summed E-state index contributed by atoms with van der Waals surface area (Å²) in [6, 6.07) is 1.73. The van der Waals surface area contributed by atoms with Crippen molar-refractivity contribution >= 4 is 0 Å². The van der Waals surface area contributed by atoms with Crippen molar-refractivity contribution in [2.45, 2.75) is 0 Å². The van der Waals surface area contributed by atoms with Gasteiger partial charge in [-0.05, 0) is 6.07 Å². The topological polar surface area (TPSA) is 35.0 Å². The van der Waals surface area contributed by atoms with E-state index in [9.17, 15) is 0 Å². The Morgan fingerprint density at radius 3 is 3.12 bits per heavy atom. The SMILES string of the molecule is [2H]c1ccnc(OC)n1. The molecule has 0 unspecified atom stereocenters. The molecule has 42 valence electrons.